The molecule has 3 rings (SSSR count). The zero-order chi connectivity index (χ0) is 9.38. The maximum atomic E-state index is 5.80. The molecule has 0 aromatic rings. The molecule has 0 bridgehead atoms. The largest absolute Gasteiger partial charge is 0.375 e. The van der Waals surface area contributed by atoms with Gasteiger partial charge < -0.3 is 10.1 Å². The fourth-order valence-corrected chi connectivity index (χ4v) is 2.47. The SMILES string of the molecule is C1CC(CN2CCOC(C3CC3)C2)N1. The molecule has 0 radical (unpaired) electrons. The average Bonchev–Trinajstić information content (AvgIpc) is 2.95. The van der Waals surface area contributed by atoms with Gasteiger partial charge in [0.1, 0.15) is 0 Å². The van der Waals surface area contributed by atoms with E-state index in [2.05, 4.69) is 10.2 Å². The fourth-order valence-electron chi connectivity index (χ4n) is 2.47. The van der Waals surface area contributed by atoms with Gasteiger partial charge in [-0.15, -0.1) is 0 Å². The molecule has 3 fully saturated rings. The topological polar surface area (TPSA) is 24.5 Å². The van der Waals surface area contributed by atoms with Crippen LogP contribution in [0.5, 0.6) is 0 Å². The summed E-state index contributed by atoms with van der Waals surface area (Å²) in [6.07, 6.45) is 4.73. The standard InChI is InChI=1S/C11H20N2O/c1-2-9(1)11-8-13(5-6-14-11)7-10-3-4-12-10/h9-12H,1-8H2. The highest BCUT2D eigenvalue weighted by Crippen LogP contribution is 2.35. The van der Waals surface area contributed by atoms with Gasteiger partial charge in [0.05, 0.1) is 12.7 Å². The van der Waals surface area contributed by atoms with Gasteiger partial charge in [-0.3, -0.25) is 4.90 Å². The summed E-state index contributed by atoms with van der Waals surface area (Å²) in [4.78, 5) is 2.59. The van der Waals surface area contributed by atoms with Crippen LogP contribution in [0, 0.1) is 5.92 Å². The second-order valence-electron chi connectivity index (χ2n) is 4.95. The zero-order valence-electron chi connectivity index (χ0n) is 8.74. The Morgan fingerprint density at radius 1 is 1.29 bits per heavy atom. The smallest absolute Gasteiger partial charge is 0.0730 e. The molecule has 0 aromatic carbocycles. The van der Waals surface area contributed by atoms with Gasteiger partial charge in [0, 0.05) is 25.7 Å². The van der Waals surface area contributed by atoms with Crippen molar-refractivity contribution in [3.8, 4) is 0 Å². The Morgan fingerprint density at radius 2 is 2.14 bits per heavy atom. The summed E-state index contributed by atoms with van der Waals surface area (Å²) in [6.45, 7) is 5.74. The molecule has 2 atom stereocenters. The first-order chi connectivity index (χ1) is 6.92. The summed E-state index contributed by atoms with van der Waals surface area (Å²) >= 11 is 0. The Morgan fingerprint density at radius 3 is 2.79 bits per heavy atom. The molecular weight excluding hydrogens is 176 g/mol. The van der Waals surface area contributed by atoms with Crippen LogP contribution in [0.25, 0.3) is 0 Å². The number of morpholine rings is 1. The van der Waals surface area contributed by atoms with Crippen molar-refractivity contribution in [2.24, 2.45) is 5.92 Å². The summed E-state index contributed by atoms with van der Waals surface area (Å²) in [5, 5.41) is 3.47. The van der Waals surface area contributed by atoms with Gasteiger partial charge in [0.25, 0.3) is 0 Å². The second kappa shape index (κ2) is 3.80. The van der Waals surface area contributed by atoms with Crippen molar-refractivity contribution in [1.82, 2.24) is 10.2 Å². The highest BCUT2D eigenvalue weighted by Gasteiger charge is 2.35. The van der Waals surface area contributed by atoms with Crippen LogP contribution in [0.1, 0.15) is 19.3 Å². The molecule has 0 spiro atoms. The summed E-state index contributed by atoms with van der Waals surface area (Å²) in [5.74, 6) is 0.896. The van der Waals surface area contributed by atoms with Crippen LogP contribution in [0.15, 0.2) is 0 Å². The van der Waals surface area contributed by atoms with E-state index >= 15 is 0 Å². The molecule has 14 heavy (non-hydrogen) atoms. The number of ether oxygens (including phenoxy) is 1. The van der Waals surface area contributed by atoms with Crippen LogP contribution in [-0.2, 0) is 4.74 Å². The molecule has 3 nitrogen and oxygen atoms in total. The molecule has 2 heterocycles. The Labute approximate surface area is 85.8 Å². The fraction of sp³-hybridized carbons (Fsp3) is 1.00. The van der Waals surface area contributed by atoms with Gasteiger partial charge in [0.2, 0.25) is 0 Å². The molecule has 3 aliphatic rings. The minimum Gasteiger partial charge on any atom is -0.375 e. The van der Waals surface area contributed by atoms with Gasteiger partial charge in [-0.1, -0.05) is 0 Å². The normalized spacial score (nSPS) is 39.4. The van der Waals surface area contributed by atoms with E-state index in [9.17, 15) is 0 Å². The predicted octanol–water partition coefficient (Wildman–Crippen LogP) is 0.459. The highest BCUT2D eigenvalue weighted by molar-refractivity contribution is 4.88. The molecular formula is C11H20N2O. The first-order valence-electron chi connectivity index (χ1n) is 5.99. The van der Waals surface area contributed by atoms with Crippen LogP contribution in [0.3, 0.4) is 0 Å². The van der Waals surface area contributed by atoms with Gasteiger partial charge in [0.15, 0.2) is 0 Å². The lowest BCUT2D eigenvalue weighted by Crippen LogP contribution is -2.54. The van der Waals surface area contributed by atoms with Crippen molar-refractivity contribution in [2.45, 2.75) is 31.4 Å². The number of hydrogen-bond acceptors (Lipinski definition) is 3. The minimum absolute atomic E-state index is 0.559. The first-order valence-corrected chi connectivity index (χ1v) is 5.99. The molecule has 2 aliphatic heterocycles. The Balaban J connectivity index is 1.47. The summed E-state index contributed by atoms with van der Waals surface area (Å²) < 4.78 is 5.80. The Kier molecular flexibility index (Phi) is 2.48. The average molecular weight is 196 g/mol. The third-order valence-corrected chi connectivity index (χ3v) is 3.73. The van der Waals surface area contributed by atoms with E-state index in [1.54, 1.807) is 0 Å². The zero-order valence-corrected chi connectivity index (χ0v) is 8.74. The monoisotopic (exact) mass is 196 g/mol. The van der Waals surface area contributed by atoms with Crippen LogP contribution < -0.4 is 5.32 Å². The van der Waals surface area contributed by atoms with Crippen molar-refractivity contribution >= 4 is 0 Å². The van der Waals surface area contributed by atoms with E-state index in [-0.39, 0.29) is 0 Å². The molecule has 3 heteroatoms. The molecule has 0 aromatic heterocycles. The van der Waals surface area contributed by atoms with Crippen LogP contribution in [0.2, 0.25) is 0 Å². The van der Waals surface area contributed by atoms with Crippen molar-refractivity contribution in [1.29, 1.82) is 0 Å². The quantitative estimate of drug-likeness (QED) is 0.709. The lowest BCUT2D eigenvalue weighted by atomic mass is 10.1. The van der Waals surface area contributed by atoms with E-state index in [4.69, 9.17) is 4.74 Å². The van der Waals surface area contributed by atoms with E-state index in [1.165, 1.54) is 38.9 Å². The molecule has 0 amide bonds. The minimum atomic E-state index is 0.559. The van der Waals surface area contributed by atoms with Gasteiger partial charge in [-0.25, -0.2) is 0 Å². The summed E-state index contributed by atoms with van der Waals surface area (Å²) in [5.41, 5.74) is 0. The number of nitrogens with one attached hydrogen (secondary N) is 1. The molecule has 80 valence electrons. The van der Waals surface area contributed by atoms with Crippen LogP contribution in [0.4, 0.5) is 0 Å². The molecule has 2 saturated heterocycles. The number of hydrogen-bond donors (Lipinski definition) is 1. The summed E-state index contributed by atoms with van der Waals surface area (Å²) in [7, 11) is 0. The van der Waals surface area contributed by atoms with E-state index < -0.39 is 0 Å². The maximum absolute atomic E-state index is 5.80. The van der Waals surface area contributed by atoms with Gasteiger partial charge in [-0.05, 0) is 31.7 Å². The van der Waals surface area contributed by atoms with Crippen molar-refractivity contribution in [3.05, 3.63) is 0 Å². The molecule has 1 saturated carbocycles. The lowest BCUT2D eigenvalue weighted by molar-refractivity contribution is -0.0432. The van der Waals surface area contributed by atoms with Crippen molar-refractivity contribution in [3.63, 3.8) is 0 Å². The Hall–Kier alpha value is -0.120. The van der Waals surface area contributed by atoms with Crippen LogP contribution in [-0.4, -0.2) is 49.8 Å². The van der Waals surface area contributed by atoms with E-state index in [1.807, 2.05) is 0 Å². The number of nitrogens with zero attached hydrogens (tertiary/aromatic N) is 1. The van der Waals surface area contributed by atoms with E-state index in [0.29, 0.717) is 6.10 Å². The molecule has 1 N–H and O–H groups in total. The van der Waals surface area contributed by atoms with Crippen LogP contribution >= 0.6 is 0 Å². The number of rotatable bonds is 3. The Bertz CT molecular complexity index is 201. The third kappa shape index (κ3) is 1.95. The van der Waals surface area contributed by atoms with E-state index in [0.717, 1.165) is 25.1 Å². The second-order valence-corrected chi connectivity index (χ2v) is 4.95. The molecule has 1 aliphatic carbocycles. The predicted molar refractivity (Wildman–Crippen MR) is 55.3 cm³/mol. The maximum Gasteiger partial charge on any atom is 0.0730 e. The van der Waals surface area contributed by atoms with Crippen molar-refractivity contribution < 1.29 is 4.74 Å². The van der Waals surface area contributed by atoms with Gasteiger partial charge in [-0.2, -0.15) is 0 Å². The lowest BCUT2D eigenvalue weighted by Gasteiger charge is -2.38. The third-order valence-electron chi connectivity index (χ3n) is 3.73. The first kappa shape index (κ1) is 9.13. The van der Waals surface area contributed by atoms with Crippen molar-refractivity contribution in [2.75, 3.05) is 32.8 Å². The summed E-state index contributed by atoms with van der Waals surface area (Å²) in [6, 6.07) is 0.771. The highest BCUT2D eigenvalue weighted by atomic mass is 16.5. The molecule has 2 unspecified atom stereocenters. The van der Waals surface area contributed by atoms with Gasteiger partial charge >= 0.3 is 0 Å².